The van der Waals surface area contributed by atoms with Crippen LogP contribution in [0.5, 0.6) is 0 Å². The van der Waals surface area contributed by atoms with Gasteiger partial charge in [0.05, 0.1) is 19.3 Å². The molecule has 0 spiro atoms. The number of carbonyl (C=O) groups is 1. The zero-order valence-electron chi connectivity index (χ0n) is 10.7. The molecule has 1 unspecified atom stereocenters. The average Bonchev–Trinajstić information content (AvgIpc) is 2.30. The molecule has 1 amide bonds. The smallest absolute Gasteiger partial charge is 0.239 e. The normalized spacial score (nSPS) is 18.9. The van der Waals surface area contributed by atoms with Crippen LogP contribution in [0.2, 0.25) is 0 Å². The number of rotatable bonds is 5. The first-order valence-electron chi connectivity index (χ1n) is 6.25. The van der Waals surface area contributed by atoms with Gasteiger partial charge in [-0.15, -0.1) is 0 Å². The van der Waals surface area contributed by atoms with Gasteiger partial charge in [0, 0.05) is 13.1 Å². The molecule has 1 heterocycles. The van der Waals surface area contributed by atoms with E-state index < -0.39 is 0 Å². The molecule has 16 heavy (non-hydrogen) atoms. The monoisotopic (exact) mass is 228 g/mol. The molecule has 1 aliphatic rings. The van der Waals surface area contributed by atoms with Gasteiger partial charge in [-0.25, -0.2) is 0 Å². The number of nitrogens with one attached hydrogen (secondary N) is 1. The molecule has 0 aromatic carbocycles. The minimum atomic E-state index is -0.0273. The molecule has 1 saturated heterocycles. The summed E-state index contributed by atoms with van der Waals surface area (Å²) in [6, 6.07) is -0.0273. The zero-order chi connectivity index (χ0) is 12.0. The molecule has 1 N–H and O–H groups in total. The standard InChI is InChI=1S/C12H24N2O2/c1-4-11(13-9-10(2)3)12(15)14-5-7-16-8-6-14/h10-11,13H,4-9H2,1-3H3. The predicted molar refractivity (Wildman–Crippen MR) is 64.3 cm³/mol. The first kappa shape index (κ1) is 13.5. The van der Waals surface area contributed by atoms with Crippen molar-refractivity contribution < 1.29 is 9.53 Å². The molecular weight excluding hydrogens is 204 g/mol. The number of ether oxygens (including phenoxy) is 1. The zero-order valence-corrected chi connectivity index (χ0v) is 10.7. The van der Waals surface area contributed by atoms with E-state index in [-0.39, 0.29) is 11.9 Å². The molecule has 4 nitrogen and oxygen atoms in total. The predicted octanol–water partition coefficient (Wildman–Crippen LogP) is 0.869. The Labute approximate surface area is 98.3 Å². The summed E-state index contributed by atoms with van der Waals surface area (Å²) in [5.41, 5.74) is 0. The first-order chi connectivity index (χ1) is 7.65. The van der Waals surface area contributed by atoms with Crippen molar-refractivity contribution >= 4 is 5.91 Å². The van der Waals surface area contributed by atoms with Gasteiger partial charge in [-0.1, -0.05) is 20.8 Å². The number of carbonyl (C=O) groups excluding carboxylic acids is 1. The molecule has 1 atom stereocenters. The SMILES string of the molecule is CCC(NCC(C)C)C(=O)N1CCOCC1. The summed E-state index contributed by atoms with van der Waals surface area (Å²) in [5.74, 6) is 0.804. The van der Waals surface area contributed by atoms with Crippen molar-refractivity contribution in [2.45, 2.75) is 33.2 Å². The lowest BCUT2D eigenvalue weighted by Gasteiger charge is -2.30. The Kier molecular flexibility index (Phi) is 5.77. The molecule has 94 valence electrons. The van der Waals surface area contributed by atoms with E-state index in [0.29, 0.717) is 19.1 Å². The van der Waals surface area contributed by atoms with Gasteiger partial charge in [-0.2, -0.15) is 0 Å². The van der Waals surface area contributed by atoms with Crippen molar-refractivity contribution in [3.8, 4) is 0 Å². The third-order valence-electron chi connectivity index (χ3n) is 2.80. The van der Waals surface area contributed by atoms with Gasteiger partial charge in [0.25, 0.3) is 0 Å². The molecule has 1 aliphatic heterocycles. The fourth-order valence-electron chi connectivity index (χ4n) is 1.79. The molecule has 0 aromatic heterocycles. The number of hydrogen-bond donors (Lipinski definition) is 1. The van der Waals surface area contributed by atoms with Crippen LogP contribution in [0.3, 0.4) is 0 Å². The Hall–Kier alpha value is -0.610. The minimum Gasteiger partial charge on any atom is -0.378 e. The van der Waals surface area contributed by atoms with E-state index in [4.69, 9.17) is 4.74 Å². The third-order valence-corrected chi connectivity index (χ3v) is 2.80. The second-order valence-electron chi connectivity index (χ2n) is 4.70. The number of hydrogen-bond acceptors (Lipinski definition) is 3. The Bertz CT molecular complexity index is 213. The van der Waals surface area contributed by atoms with Crippen LogP contribution in [-0.2, 0) is 9.53 Å². The Morgan fingerprint density at radius 1 is 1.38 bits per heavy atom. The highest BCUT2D eigenvalue weighted by atomic mass is 16.5. The maximum atomic E-state index is 12.1. The van der Waals surface area contributed by atoms with Gasteiger partial charge < -0.3 is 15.0 Å². The molecule has 0 saturated carbocycles. The van der Waals surface area contributed by atoms with Crippen LogP contribution in [0.25, 0.3) is 0 Å². The van der Waals surface area contributed by atoms with Crippen LogP contribution in [0.1, 0.15) is 27.2 Å². The minimum absolute atomic E-state index is 0.0273. The molecule has 1 fully saturated rings. The molecule has 0 aromatic rings. The highest BCUT2D eigenvalue weighted by molar-refractivity contribution is 5.81. The summed E-state index contributed by atoms with van der Waals surface area (Å²) in [5, 5.41) is 3.33. The van der Waals surface area contributed by atoms with E-state index in [1.165, 1.54) is 0 Å². The largest absolute Gasteiger partial charge is 0.378 e. The van der Waals surface area contributed by atoms with Gasteiger partial charge in [0.15, 0.2) is 0 Å². The van der Waals surface area contributed by atoms with Crippen molar-refractivity contribution in [2.75, 3.05) is 32.8 Å². The Balaban J connectivity index is 2.41. The number of nitrogens with zero attached hydrogens (tertiary/aromatic N) is 1. The van der Waals surface area contributed by atoms with Crippen molar-refractivity contribution in [1.82, 2.24) is 10.2 Å². The lowest BCUT2D eigenvalue weighted by Crippen LogP contribution is -2.50. The van der Waals surface area contributed by atoms with Gasteiger partial charge in [-0.3, -0.25) is 4.79 Å². The van der Waals surface area contributed by atoms with E-state index in [1.807, 2.05) is 4.90 Å². The Morgan fingerprint density at radius 2 is 2.00 bits per heavy atom. The van der Waals surface area contributed by atoms with Crippen LogP contribution < -0.4 is 5.32 Å². The molecule has 0 radical (unpaired) electrons. The van der Waals surface area contributed by atoms with E-state index in [2.05, 4.69) is 26.1 Å². The summed E-state index contributed by atoms with van der Waals surface area (Å²) in [6.07, 6.45) is 0.850. The van der Waals surface area contributed by atoms with Gasteiger partial charge in [0.1, 0.15) is 0 Å². The highest BCUT2D eigenvalue weighted by Gasteiger charge is 2.23. The van der Waals surface area contributed by atoms with Crippen molar-refractivity contribution in [3.63, 3.8) is 0 Å². The van der Waals surface area contributed by atoms with Gasteiger partial charge in [0.2, 0.25) is 5.91 Å². The van der Waals surface area contributed by atoms with E-state index in [0.717, 1.165) is 26.1 Å². The van der Waals surface area contributed by atoms with Crippen molar-refractivity contribution in [3.05, 3.63) is 0 Å². The van der Waals surface area contributed by atoms with Gasteiger partial charge >= 0.3 is 0 Å². The van der Waals surface area contributed by atoms with Crippen LogP contribution in [0, 0.1) is 5.92 Å². The maximum absolute atomic E-state index is 12.1. The lowest BCUT2D eigenvalue weighted by atomic mass is 10.1. The average molecular weight is 228 g/mol. The molecule has 0 bridgehead atoms. The quantitative estimate of drug-likeness (QED) is 0.759. The maximum Gasteiger partial charge on any atom is 0.239 e. The van der Waals surface area contributed by atoms with E-state index >= 15 is 0 Å². The summed E-state index contributed by atoms with van der Waals surface area (Å²) < 4.78 is 5.25. The summed E-state index contributed by atoms with van der Waals surface area (Å²) >= 11 is 0. The number of morpholine rings is 1. The first-order valence-corrected chi connectivity index (χ1v) is 6.25. The van der Waals surface area contributed by atoms with Crippen LogP contribution in [0.15, 0.2) is 0 Å². The van der Waals surface area contributed by atoms with E-state index in [1.54, 1.807) is 0 Å². The highest BCUT2D eigenvalue weighted by Crippen LogP contribution is 2.04. The summed E-state index contributed by atoms with van der Waals surface area (Å²) in [7, 11) is 0. The fourth-order valence-corrected chi connectivity index (χ4v) is 1.79. The molecule has 1 rings (SSSR count). The third kappa shape index (κ3) is 4.10. The van der Waals surface area contributed by atoms with Gasteiger partial charge in [-0.05, 0) is 18.9 Å². The topological polar surface area (TPSA) is 41.6 Å². The lowest BCUT2D eigenvalue weighted by molar-refractivity contribution is -0.137. The fraction of sp³-hybridized carbons (Fsp3) is 0.917. The van der Waals surface area contributed by atoms with Crippen molar-refractivity contribution in [2.24, 2.45) is 5.92 Å². The second-order valence-corrected chi connectivity index (χ2v) is 4.70. The summed E-state index contributed by atoms with van der Waals surface area (Å²) in [6.45, 7) is 10.1. The van der Waals surface area contributed by atoms with Crippen LogP contribution in [0.4, 0.5) is 0 Å². The van der Waals surface area contributed by atoms with Crippen LogP contribution in [-0.4, -0.2) is 49.7 Å². The van der Waals surface area contributed by atoms with E-state index in [9.17, 15) is 4.79 Å². The van der Waals surface area contributed by atoms with Crippen LogP contribution >= 0.6 is 0 Å². The summed E-state index contributed by atoms with van der Waals surface area (Å²) in [4.78, 5) is 14.1. The number of amides is 1. The molecule has 4 heteroatoms. The molecule has 0 aliphatic carbocycles. The molecular formula is C12H24N2O2. The Morgan fingerprint density at radius 3 is 2.50 bits per heavy atom. The van der Waals surface area contributed by atoms with Crippen molar-refractivity contribution in [1.29, 1.82) is 0 Å². The second kappa shape index (κ2) is 6.86.